The second kappa shape index (κ2) is 8.62. The molecule has 1 aromatic heterocycles. The Kier molecular flexibility index (Phi) is 5.73. The fourth-order valence-corrected chi connectivity index (χ4v) is 3.74. The summed E-state index contributed by atoms with van der Waals surface area (Å²) in [5, 5.41) is 3.72. The van der Waals surface area contributed by atoms with Gasteiger partial charge >= 0.3 is 5.69 Å². The molecule has 1 heterocycles. The Hall–Kier alpha value is -3.64. The number of halogens is 1. The second-order valence-corrected chi connectivity index (χ2v) is 7.71. The lowest BCUT2D eigenvalue weighted by atomic mass is 10.2. The van der Waals surface area contributed by atoms with Gasteiger partial charge in [-0.2, -0.15) is 0 Å². The molecule has 0 aliphatic rings. The maximum Gasteiger partial charge on any atom is 0.332 e. The smallest absolute Gasteiger partial charge is 0.324 e. The summed E-state index contributed by atoms with van der Waals surface area (Å²) in [6.45, 7) is 1.73. The number of carbonyl (C=O) groups is 1. The molecule has 0 fully saturated rings. The summed E-state index contributed by atoms with van der Waals surface area (Å²) in [4.78, 5) is 39.0. The zero-order valence-corrected chi connectivity index (χ0v) is 17.6. The average Bonchev–Trinajstić information content (AvgIpc) is 2.76. The molecule has 0 radical (unpaired) electrons. The van der Waals surface area contributed by atoms with Crippen molar-refractivity contribution in [2.75, 3.05) is 5.32 Å². The third-order valence-electron chi connectivity index (χ3n) is 5.08. The minimum absolute atomic E-state index is 0.0580. The first-order valence-corrected chi connectivity index (χ1v) is 10.1. The van der Waals surface area contributed by atoms with Crippen LogP contribution in [0.4, 0.5) is 5.69 Å². The number of hydrogen-bond acceptors (Lipinski definition) is 3. The van der Waals surface area contributed by atoms with Crippen molar-refractivity contribution in [3.05, 3.63) is 110 Å². The lowest BCUT2D eigenvalue weighted by Crippen LogP contribution is -2.42. The summed E-state index contributed by atoms with van der Waals surface area (Å²) in [6, 6.07) is 21.2. The van der Waals surface area contributed by atoms with E-state index in [1.54, 1.807) is 54.6 Å². The number of carbonyl (C=O) groups excluding carboxylic acids is 1. The maximum absolute atomic E-state index is 13.3. The largest absolute Gasteiger partial charge is 0.332 e. The number of anilines is 1. The van der Waals surface area contributed by atoms with E-state index in [4.69, 9.17) is 11.6 Å². The first kappa shape index (κ1) is 20.6. The van der Waals surface area contributed by atoms with E-state index in [1.165, 1.54) is 4.57 Å². The van der Waals surface area contributed by atoms with Crippen LogP contribution in [0.15, 0.2) is 82.4 Å². The summed E-state index contributed by atoms with van der Waals surface area (Å²) in [6.07, 6.45) is 0. The van der Waals surface area contributed by atoms with Crippen LogP contribution in [0.3, 0.4) is 0 Å². The third-order valence-corrected chi connectivity index (χ3v) is 5.32. The highest BCUT2D eigenvalue weighted by Gasteiger charge is 2.16. The highest BCUT2D eigenvalue weighted by molar-refractivity contribution is 6.30. The van der Waals surface area contributed by atoms with Crippen molar-refractivity contribution in [3.63, 3.8) is 0 Å². The normalized spacial score (nSPS) is 10.9. The zero-order valence-electron chi connectivity index (χ0n) is 16.8. The van der Waals surface area contributed by atoms with Crippen LogP contribution in [0.2, 0.25) is 5.02 Å². The molecule has 7 heteroatoms. The SMILES string of the molecule is Cc1ccccc1NC(=O)Cn1c(=O)n(Cc2cccc(Cl)c2)c(=O)c2ccccc21. The number of nitrogens with zero attached hydrogens (tertiary/aromatic N) is 2. The van der Waals surface area contributed by atoms with Crippen molar-refractivity contribution in [2.24, 2.45) is 0 Å². The summed E-state index contributed by atoms with van der Waals surface area (Å²) in [7, 11) is 0. The number of benzene rings is 3. The predicted molar refractivity (Wildman–Crippen MR) is 123 cm³/mol. The molecule has 0 saturated carbocycles. The molecule has 156 valence electrons. The molecular formula is C24H20ClN3O3. The lowest BCUT2D eigenvalue weighted by Gasteiger charge is -2.15. The molecule has 3 aromatic carbocycles. The Morgan fingerprint density at radius 2 is 1.68 bits per heavy atom. The Morgan fingerprint density at radius 3 is 2.45 bits per heavy atom. The van der Waals surface area contributed by atoms with E-state index in [0.717, 1.165) is 15.7 Å². The highest BCUT2D eigenvalue weighted by atomic mass is 35.5. The Labute approximate surface area is 183 Å². The van der Waals surface area contributed by atoms with E-state index >= 15 is 0 Å². The number of fused-ring (bicyclic) bond motifs is 1. The van der Waals surface area contributed by atoms with Gasteiger partial charge in [0, 0.05) is 10.7 Å². The Bertz CT molecular complexity index is 1410. The van der Waals surface area contributed by atoms with Gasteiger partial charge in [0.15, 0.2) is 0 Å². The van der Waals surface area contributed by atoms with Crippen LogP contribution in [0.5, 0.6) is 0 Å². The van der Waals surface area contributed by atoms with Crippen LogP contribution in [0.1, 0.15) is 11.1 Å². The summed E-state index contributed by atoms with van der Waals surface area (Å²) in [5.74, 6) is -0.352. The summed E-state index contributed by atoms with van der Waals surface area (Å²) in [5.41, 5.74) is 1.77. The van der Waals surface area contributed by atoms with Crippen LogP contribution in [0.25, 0.3) is 10.9 Å². The van der Waals surface area contributed by atoms with Crippen molar-refractivity contribution in [1.82, 2.24) is 9.13 Å². The summed E-state index contributed by atoms with van der Waals surface area (Å²) < 4.78 is 2.46. The van der Waals surface area contributed by atoms with Crippen molar-refractivity contribution >= 4 is 34.1 Å². The molecule has 0 atom stereocenters. The van der Waals surface area contributed by atoms with Crippen LogP contribution in [0, 0.1) is 6.92 Å². The van der Waals surface area contributed by atoms with E-state index in [9.17, 15) is 14.4 Å². The van der Waals surface area contributed by atoms with Crippen molar-refractivity contribution in [3.8, 4) is 0 Å². The first-order chi connectivity index (χ1) is 14.9. The number of rotatable bonds is 5. The number of hydrogen-bond donors (Lipinski definition) is 1. The van der Waals surface area contributed by atoms with Crippen molar-refractivity contribution in [2.45, 2.75) is 20.0 Å². The minimum atomic E-state index is -0.552. The van der Waals surface area contributed by atoms with E-state index in [-0.39, 0.29) is 19.0 Å². The van der Waals surface area contributed by atoms with Gasteiger partial charge in [0.05, 0.1) is 17.4 Å². The lowest BCUT2D eigenvalue weighted by molar-refractivity contribution is -0.116. The fraction of sp³-hybridized carbons (Fsp3) is 0.125. The van der Waals surface area contributed by atoms with Gasteiger partial charge in [-0.3, -0.25) is 18.7 Å². The molecule has 0 saturated heterocycles. The number of aryl methyl sites for hydroxylation is 1. The molecule has 1 amide bonds. The number of aromatic nitrogens is 2. The van der Waals surface area contributed by atoms with Gasteiger partial charge in [-0.05, 0) is 48.4 Å². The van der Waals surface area contributed by atoms with Gasteiger partial charge in [0.25, 0.3) is 5.56 Å². The average molecular weight is 434 g/mol. The molecule has 0 aliphatic carbocycles. The maximum atomic E-state index is 13.3. The molecule has 0 aliphatic heterocycles. The van der Waals surface area contributed by atoms with E-state index in [1.807, 2.05) is 25.1 Å². The molecule has 0 bridgehead atoms. The Morgan fingerprint density at radius 1 is 0.935 bits per heavy atom. The van der Waals surface area contributed by atoms with Gasteiger partial charge in [-0.15, -0.1) is 0 Å². The molecule has 1 N–H and O–H groups in total. The monoisotopic (exact) mass is 433 g/mol. The molecule has 0 spiro atoms. The van der Waals surface area contributed by atoms with Gasteiger partial charge < -0.3 is 5.32 Å². The van der Waals surface area contributed by atoms with Crippen molar-refractivity contribution < 1.29 is 4.79 Å². The molecular weight excluding hydrogens is 414 g/mol. The topological polar surface area (TPSA) is 73.1 Å². The molecule has 4 rings (SSSR count). The van der Waals surface area contributed by atoms with Crippen LogP contribution >= 0.6 is 11.6 Å². The highest BCUT2D eigenvalue weighted by Crippen LogP contribution is 2.14. The molecule has 4 aromatic rings. The molecule has 0 unspecified atom stereocenters. The van der Waals surface area contributed by atoms with Crippen LogP contribution in [-0.2, 0) is 17.9 Å². The predicted octanol–water partition coefficient (Wildman–Crippen LogP) is 3.81. The van der Waals surface area contributed by atoms with E-state index in [0.29, 0.717) is 21.6 Å². The third kappa shape index (κ3) is 4.29. The summed E-state index contributed by atoms with van der Waals surface area (Å²) >= 11 is 6.05. The van der Waals surface area contributed by atoms with Crippen LogP contribution < -0.4 is 16.6 Å². The number of amides is 1. The first-order valence-electron chi connectivity index (χ1n) is 9.76. The standard InChI is InChI=1S/C24H20ClN3O3/c1-16-7-2-4-11-20(16)26-22(29)15-27-21-12-5-3-10-19(21)23(30)28(24(27)31)14-17-8-6-9-18(25)13-17/h2-13H,14-15H2,1H3,(H,26,29). The van der Waals surface area contributed by atoms with Crippen LogP contribution in [-0.4, -0.2) is 15.0 Å². The van der Waals surface area contributed by atoms with E-state index < -0.39 is 11.2 Å². The minimum Gasteiger partial charge on any atom is -0.324 e. The van der Waals surface area contributed by atoms with Gasteiger partial charge in [0.1, 0.15) is 6.54 Å². The van der Waals surface area contributed by atoms with E-state index in [2.05, 4.69) is 5.32 Å². The van der Waals surface area contributed by atoms with Crippen molar-refractivity contribution in [1.29, 1.82) is 0 Å². The fourth-order valence-electron chi connectivity index (χ4n) is 3.53. The quantitative estimate of drug-likeness (QED) is 0.520. The van der Waals surface area contributed by atoms with Gasteiger partial charge in [-0.1, -0.05) is 54.1 Å². The zero-order chi connectivity index (χ0) is 22.0. The number of para-hydroxylation sites is 2. The number of nitrogens with one attached hydrogen (secondary N) is 1. The Balaban J connectivity index is 1.77. The van der Waals surface area contributed by atoms with Gasteiger partial charge in [-0.25, -0.2) is 4.79 Å². The second-order valence-electron chi connectivity index (χ2n) is 7.27. The molecule has 31 heavy (non-hydrogen) atoms. The molecule has 6 nitrogen and oxygen atoms in total. The van der Waals surface area contributed by atoms with Gasteiger partial charge in [0.2, 0.25) is 5.91 Å².